The zero-order valence-corrected chi connectivity index (χ0v) is 10.5. The van der Waals surface area contributed by atoms with Crippen LogP contribution in [0.1, 0.15) is 43.7 Å². The van der Waals surface area contributed by atoms with E-state index in [4.69, 9.17) is 14.7 Å². The SMILES string of the molecule is Cc1ccc(-c2nc(C3(N)CCCCC3)no2)o1. The fourth-order valence-electron chi connectivity index (χ4n) is 2.48. The molecule has 0 unspecified atom stereocenters. The number of hydrogen-bond acceptors (Lipinski definition) is 5. The normalized spacial score (nSPS) is 19.0. The van der Waals surface area contributed by atoms with Crippen LogP contribution in [0.25, 0.3) is 11.7 Å². The number of aromatic nitrogens is 2. The van der Waals surface area contributed by atoms with Crippen molar-refractivity contribution < 1.29 is 8.94 Å². The van der Waals surface area contributed by atoms with Gasteiger partial charge in [-0.05, 0) is 31.9 Å². The molecule has 0 saturated heterocycles. The average molecular weight is 247 g/mol. The lowest BCUT2D eigenvalue weighted by molar-refractivity contribution is 0.275. The Balaban J connectivity index is 1.89. The van der Waals surface area contributed by atoms with Crippen molar-refractivity contribution in [2.24, 2.45) is 5.73 Å². The highest BCUT2D eigenvalue weighted by molar-refractivity contribution is 5.44. The van der Waals surface area contributed by atoms with Crippen LogP contribution in [0.3, 0.4) is 0 Å². The van der Waals surface area contributed by atoms with Gasteiger partial charge in [0.05, 0.1) is 5.54 Å². The van der Waals surface area contributed by atoms with Crippen LogP contribution in [0, 0.1) is 6.92 Å². The predicted molar refractivity (Wildman–Crippen MR) is 65.7 cm³/mol. The molecule has 1 aliphatic carbocycles. The lowest BCUT2D eigenvalue weighted by atomic mass is 9.82. The molecular formula is C13H17N3O2. The fourth-order valence-corrected chi connectivity index (χ4v) is 2.48. The number of nitrogens with zero attached hydrogens (tertiary/aromatic N) is 2. The minimum absolute atomic E-state index is 0.411. The smallest absolute Gasteiger partial charge is 0.293 e. The summed E-state index contributed by atoms with van der Waals surface area (Å²) in [4.78, 5) is 4.39. The van der Waals surface area contributed by atoms with Crippen molar-refractivity contribution in [3.8, 4) is 11.7 Å². The zero-order chi connectivity index (χ0) is 12.6. The van der Waals surface area contributed by atoms with Crippen LogP contribution >= 0.6 is 0 Å². The number of aryl methyl sites for hydroxylation is 1. The molecule has 2 heterocycles. The van der Waals surface area contributed by atoms with Crippen molar-refractivity contribution in [3.05, 3.63) is 23.7 Å². The van der Waals surface area contributed by atoms with Crippen molar-refractivity contribution in [2.75, 3.05) is 0 Å². The fraction of sp³-hybridized carbons (Fsp3) is 0.538. The van der Waals surface area contributed by atoms with Gasteiger partial charge in [-0.2, -0.15) is 4.98 Å². The third-order valence-corrected chi connectivity index (χ3v) is 3.57. The highest BCUT2D eigenvalue weighted by Crippen LogP contribution is 2.34. The van der Waals surface area contributed by atoms with Crippen LogP contribution in [0.5, 0.6) is 0 Å². The van der Waals surface area contributed by atoms with Crippen molar-refractivity contribution in [3.63, 3.8) is 0 Å². The summed E-state index contributed by atoms with van der Waals surface area (Å²) >= 11 is 0. The molecule has 2 N–H and O–H groups in total. The van der Waals surface area contributed by atoms with Gasteiger partial charge < -0.3 is 14.7 Å². The highest BCUT2D eigenvalue weighted by atomic mass is 16.5. The first-order valence-electron chi connectivity index (χ1n) is 6.37. The lowest BCUT2D eigenvalue weighted by Crippen LogP contribution is -2.39. The topological polar surface area (TPSA) is 78.1 Å². The Hall–Kier alpha value is -1.62. The summed E-state index contributed by atoms with van der Waals surface area (Å²) in [6.07, 6.45) is 5.33. The van der Waals surface area contributed by atoms with Gasteiger partial charge in [0.1, 0.15) is 5.76 Å². The summed E-state index contributed by atoms with van der Waals surface area (Å²) in [7, 11) is 0. The molecule has 0 aliphatic heterocycles. The molecule has 0 bridgehead atoms. The molecule has 5 heteroatoms. The molecule has 0 amide bonds. The van der Waals surface area contributed by atoms with E-state index in [9.17, 15) is 0 Å². The third-order valence-electron chi connectivity index (χ3n) is 3.57. The Kier molecular flexibility index (Phi) is 2.70. The van der Waals surface area contributed by atoms with Crippen LogP contribution in [0.2, 0.25) is 0 Å². The minimum atomic E-state index is -0.429. The second-order valence-electron chi connectivity index (χ2n) is 5.05. The van der Waals surface area contributed by atoms with Crippen molar-refractivity contribution >= 4 is 0 Å². The molecule has 0 atom stereocenters. The summed E-state index contributed by atoms with van der Waals surface area (Å²) in [6.45, 7) is 1.88. The summed E-state index contributed by atoms with van der Waals surface area (Å²) in [5.74, 6) is 2.44. The van der Waals surface area contributed by atoms with Gasteiger partial charge >= 0.3 is 0 Å². The quantitative estimate of drug-likeness (QED) is 0.882. The summed E-state index contributed by atoms with van der Waals surface area (Å²) in [6, 6.07) is 3.70. The Bertz CT molecular complexity index is 538. The van der Waals surface area contributed by atoms with Gasteiger partial charge in [0.15, 0.2) is 11.6 Å². The van der Waals surface area contributed by atoms with Gasteiger partial charge in [0, 0.05) is 0 Å². The Labute approximate surface area is 105 Å². The van der Waals surface area contributed by atoms with Gasteiger partial charge in [-0.3, -0.25) is 0 Å². The molecule has 96 valence electrons. The molecule has 18 heavy (non-hydrogen) atoms. The molecule has 2 aromatic rings. The molecular weight excluding hydrogens is 230 g/mol. The Morgan fingerprint density at radius 2 is 2.00 bits per heavy atom. The van der Waals surface area contributed by atoms with E-state index in [-0.39, 0.29) is 0 Å². The van der Waals surface area contributed by atoms with Crippen molar-refractivity contribution in [2.45, 2.75) is 44.6 Å². The molecule has 0 radical (unpaired) electrons. The summed E-state index contributed by atoms with van der Waals surface area (Å²) in [5.41, 5.74) is 5.93. The van der Waals surface area contributed by atoms with E-state index in [2.05, 4.69) is 10.1 Å². The largest absolute Gasteiger partial charge is 0.456 e. The number of furan rings is 1. The highest BCUT2D eigenvalue weighted by Gasteiger charge is 2.34. The Morgan fingerprint density at radius 1 is 1.22 bits per heavy atom. The van der Waals surface area contributed by atoms with Gasteiger partial charge in [-0.15, -0.1) is 0 Å². The first-order valence-corrected chi connectivity index (χ1v) is 6.37. The molecule has 2 aromatic heterocycles. The van der Waals surface area contributed by atoms with E-state index < -0.39 is 5.54 Å². The van der Waals surface area contributed by atoms with Gasteiger partial charge in [0.25, 0.3) is 5.89 Å². The van der Waals surface area contributed by atoms with Crippen LogP contribution in [0.4, 0.5) is 0 Å². The summed E-state index contributed by atoms with van der Waals surface area (Å²) < 4.78 is 10.7. The van der Waals surface area contributed by atoms with Gasteiger partial charge in [-0.25, -0.2) is 0 Å². The molecule has 1 aliphatic rings. The maximum Gasteiger partial charge on any atom is 0.293 e. The van der Waals surface area contributed by atoms with E-state index in [1.165, 1.54) is 6.42 Å². The number of rotatable bonds is 2. The van der Waals surface area contributed by atoms with E-state index in [0.29, 0.717) is 17.5 Å². The van der Waals surface area contributed by atoms with E-state index >= 15 is 0 Å². The molecule has 0 spiro atoms. The van der Waals surface area contributed by atoms with Gasteiger partial charge in [0.2, 0.25) is 0 Å². The van der Waals surface area contributed by atoms with Crippen molar-refractivity contribution in [1.29, 1.82) is 0 Å². The van der Waals surface area contributed by atoms with E-state index in [1.807, 2.05) is 19.1 Å². The number of hydrogen-bond donors (Lipinski definition) is 1. The maximum absolute atomic E-state index is 6.36. The minimum Gasteiger partial charge on any atom is -0.456 e. The van der Waals surface area contributed by atoms with Crippen LogP contribution in [-0.4, -0.2) is 10.1 Å². The lowest BCUT2D eigenvalue weighted by Gasteiger charge is -2.29. The predicted octanol–water partition coefficient (Wildman–Crippen LogP) is 2.76. The maximum atomic E-state index is 6.36. The summed E-state index contributed by atoms with van der Waals surface area (Å²) in [5, 5.41) is 4.03. The average Bonchev–Trinajstić information content (AvgIpc) is 2.98. The second-order valence-corrected chi connectivity index (χ2v) is 5.05. The van der Waals surface area contributed by atoms with E-state index in [0.717, 1.165) is 31.4 Å². The van der Waals surface area contributed by atoms with Crippen LogP contribution < -0.4 is 5.73 Å². The molecule has 5 nitrogen and oxygen atoms in total. The van der Waals surface area contributed by atoms with Crippen molar-refractivity contribution in [1.82, 2.24) is 10.1 Å². The standard InChI is InChI=1S/C13H17N3O2/c1-9-5-6-10(17-9)11-15-12(16-18-11)13(14)7-3-2-4-8-13/h5-6H,2-4,7-8,14H2,1H3. The molecule has 3 rings (SSSR count). The Morgan fingerprint density at radius 3 is 2.67 bits per heavy atom. The molecule has 0 aromatic carbocycles. The molecule has 1 fully saturated rings. The first kappa shape index (κ1) is 11.5. The number of nitrogens with two attached hydrogens (primary N) is 1. The van der Waals surface area contributed by atoms with Gasteiger partial charge in [-0.1, -0.05) is 24.4 Å². The monoisotopic (exact) mass is 247 g/mol. The van der Waals surface area contributed by atoms with E-state index in [1.54, 1.807) is 0 Å². The molecule has 1 saturated carbocycles. The first-order chi connectivity index (χ1) is 8.67. The van der Waals surface area contributed by atoms with Crippen LogP contribution in [0.15, 0.2) is 21.1 Å². The third kappa shape index (κ3) is 1.95. The van der Waals surface area contributed by atoms with Crippen LogP contribution in [-0.2, 0) is 5.54 Å². The second kappa shape index (κ2) is 4.24. The zero-order valence-electron chi connectivity index (χ0n) is 10.5.